The zero-order chi connectivity index (χ0) is 21.8. The van der Waals surface area contributed by atoms with Gasteiger partial charge < -0.3 is 10.2 Å². The number of rotatable bonds is 3. The van der Waals surface area contributed by atoms with Gasteiger partial charge in [0.15, 0.2) is 9.84 Å². The Morgan fingerprint density at radius 1 is 1.10 bits per heavy atom. The number of anilines is 2. The van der Waals surface area contributed by atoms with Crippen LogP contribution in [0, 0.1) is 6.92 Å². The molecule has 1 amide bonds. The van der Waals surface area contributed by atoms with Crippen molar-refractivity contribution in [3.63, 3.8) is 0 Å². The Morgan fingerprint density at radius 3 is 2.39 bits per heavy atom. The smallest absolute Gasteiger partial charge is 0.272 e. The number of sulfone groups is 1. The van der Waals surface area contributed by atoms with E-state index in [1.165, 1.54) is 5.56 Å². The number of hydrogen-bond donors (Lipinski definition) is 1. The highest BCUT2D eigenvalue weighted by Crippen LogP contribution is 2.53. The molecule has 6 nitrogen and oxygen atoms in total. The van der Waals surface area contributed by atoms with Crippen molar-refractivity contribution < 1.29 is 13.2 Å². The number of carbonyl (C=O) groups is 1. The molecule has 2 aromatic rings. The predicted octanol–water partition coefficient (Wildman–Crippen LogP) is 4.41. The van der Waals surface area contributed by atoms with Gasteiger partial charge in [0.05, 0.1) is 23.4 Å². The highest BCUT2D eigenvalue weighted by Gasteiger charge is 2.39. The largest absolute Gasteiger partial charge is 0.354 e. The van der Waals surface area contributed by atoms with E-state index < -0.39 is 9.84 Å². The molecule has 0 atom stereocenters. The first kappa shape index (κ1) is 20.8. The van der Waals surface area contributed by atoms with Crippen molar-refractivity contribution in [2.24, 2.45) is 0 Å². The maximum absolute atomic E-state index is 13.3. The summed E-state index contributed by atoms with van der Waals surface area (Å²) in [4.78, 5) is 19.6. The number of carbonyl (C=O) groups excluding carboxylic acids is 1. The van der Waals surface area contributed by atoms with E-state index in [4.69, 9.17) is 11.6 Å². The zero-order valence-electron chi connectivity index (χ0n) is 17.5. The summed E-state index contributed by atoms with van der Waals surface area (Å²) in [7, 11) is -3.04. The Bertz CT molecular complexity index is 1140. The molecule has 1 saturated carbocycles. The van der Waals surface area contributed by atoms with E-state index in [1.54, 1.807) is 11.1 Å². The average molecular weight is 460 g/mol. The lowest BCUT2D eigenvalue weighted by molar-refractivity contribution is 0.0761. The van der Waals surface area contributed by atoms with Gasteiger partial charge in [-0.05, 0) is 73.3 Å². The Hall–Kier alpha value is -2.12. The highest BCUT2D eigenvalue weighted by molar-refractivity contribution is 7.91. The molecular weight excluding hydrogens is 434 g/mol. The number of halogens is 1. The van der Waals surface area contributed by atoms with Gasteiger partial charge in [0.2, 0.25) is 0 Å². The minimum Gasteiger partial charge on any atom is -0.354 e. The van der Waals surface area contributed by atoms with Crippen LogP contribution in [-0.4, -0.2) is 48.8 Å². The first-order valence-electron chi connectivity index (χ1n) is 10.9. The highest BCUT2D eigenvalue weighted by atomic mass is 35.5. The van der Waals surface area contributed by atoms with Crippen molar-refractivity contribution in [3.8, 4) is 0 Å². The summed E-state index contributed by atoms with van der Waals surface area (Å²) in [5.74, 6) is 0.674. The molecule has 2 heterocycles. The SMILES string of the molecule is Cc1ccc(Nc2cnc(C(=O)N3CCS(=O)(=O)CC3)c3c2C2CCC3CC2)cc1Cl. The topological polar surface area (TPSA) is 79.4 Å². The molecule has 8 heteroatoms. The van der Waals surface area contributed by atoms with Crippen LogP contribution in [0.3, 0.4) is 0 Å². The summed E-state index contributed by atoms with van der Waals surface area (Å²) in [6, 6.07) is 5.90. The Kier molecular flexibility index (Phi) is 5.21. The maximum Gasteiger partial charge on any atom is 0.272 e. The van der Waals surface area contributed by atoms with Crippen LogP contribution in [0.25, 0.3) is 0 Å². The van der Waals surface area contributed by atoms with Crippen molar-refractivity contribution in [1.82, 2.24) is 9.88 Å². The summed E-state index contributed by atoms with van der Waals surface area (Å²) in [6.07, 6.45) is 6.17. The van der Waals surface area contributed by atoms with Gasteiger partial charge in [-0.25, -0.2) is 13.4 Å². The second-order valence-corrected chi connectivity index (χ2v) is 11.6. The molecule has 1 aromatic heterocycles. The second-order valence-electron chi connectivity index (χ2n) is 8.93. The zero-order valence-corrected chi connectivity index (χ0v) is 19.1. The number of nitrogens with zero attached hydrogens (tertiary/aromatic N) is 2. The van der Waals surface area contributed by atoms with Crippen molar-refractivity contribution in [3.05, 3.63) is 51.8 Å². The molecule has 31 heavy (non-hydrogen) atoms. The molecule has 6 rings (SSSR count). The summed E-state index contributed by atoms with van der Waals surface area (Å²) in [5, 5.41) is 4.20. The van der Waals surface area contributed by atoms with Gasteiger partial charge in [0.25, 0.3) is 5.91 Å². The molecule has 1 aliphatic heterocycles. The molecular formula is C23H26ClN3O3S. The third kappa shape index (κ3) is 3.82. The fourth-order valence-corrected chi connectivity index (χ4v) is 6.61. The second kappa shape index (κ2) is 7.78. The number of fused-ring (bicyclic) bond motifs is 2. The molecule has 4 aliphatic rings. The molecule has 3 aliphatic carbocycles. The summed E-state index contributed by atoms with van der Waals surface area (Å²) in [6.45, 7) is 2.46. The number of nitrogens with one attached hydrogen (secondary N) is 1. The van der Waals surface area contributed by atoms with E-state index in [-0.39, 0.29) is 30.5 Å². The molecule has 0 spiro atoms. The van der Waals surface area contributed by atoms with Gasteiger partial charge in [0.1, 0.15) is 5.69 Å². The number of benzene rings is 1. The van der Waals surface area contributed by atoms with Crippen molar-refractivity contribution in [2.75, 3.05) is 29.9 Å². The number of amides is 1. The Balaban J connectivity index is 1.52. The summed E-state index contributed by atoms with van der Waals surface area (Å²) < 4.78 is 23.6. The van der Waals surface area contributed by atoms with Gasteiger partial charge in [-0.1, -0.05) is 17.7 Å². The standard InChI is InChI=1S/C23H26ClN3O3S/c1-14-2-7-17(12-18(14)24)26-19-13-25-22(21-16-5-3-15(4-6-16)20(19)21)23(28)27-8-10-31(29,30)11-9-27/h2,7,12-13,15-16,26H,3-6,8-11H2,1H3. The molecule has 2 fully saturated rings. The summed E-state index contributed by atoms with van der Waals surface area (Å²) >= 11 is 6.31. The fourth-order valence-electron chi connectivity index (χ4n) is 5.23. The number of pyridine rings is 1. The van der Waals surface area contributed by atoms with E-state index in [9.17, 15) is 13.2 Å². The molecule has 164 valence electrons. The van der Waals surface area contributed by atoms with Gasteiger partial charge in [-0.15, -0.1) is 0 Å². The van der Waals surface area contributed by atoms with Crippen molar-refractivity contribution in [1.29, 1.82) is 0 Å². The first-order chi connectivity index (χ1) is 14.8. The van der Waals surface area contributed by atoms with Crippen molar-refractivity contribution >= 4 is 38.7 Å². The van der Waals surface area contributed by atoms with E-state index >= 15 is 0 Å². The monoisotopic (exact) mass is 459 g/mol. The molecule has 2 bridgehead atoms. The lowest BCUT2D eigenvalue weighted by Crippen LogP contribution is -2.44. The average Bonchev–Trinajstić information content (AvgIpc) is 2.77. The number of hydrogen-bond acceptors (Lipinski definition) is 5. The first-order valence-corrected chi connectivity index (χ1v) is 13.1. The van der Waals surface area contributed by atoms with Crippen LogP contribution in [0.5, 0.6) is 0 Å². The van der Waals surface area contributed by atoms with Crippen LogP contribution in [0.15, 0.2) is 24.4 Å². The van der Waals surface area contributed by atoms with Gasteiger partial charge >= 0.3 is 0 Å². The van der Waals surface area contributed by atoms with E-state index in [1.807, 2.05) is 25.1 Å². The molecule has 0 radical (unpaired) electrons. The minimum atomic E-state index is -3.04. The third-order valence-electron chi connectivity index (χ3n) is 6.99. The normalized spacial score (nSPS) is 24.0. The van der Waals surface area contributed by atoms with Gasteiger partial charge in [-0.3, -0.25) is 4.79 Å². The van der Waals surface area contributed by atoms with Crippen LogP contribution in [0.2, 0.25) is 5.02 Å². The quantitative estimate of drug-likeness (QED) is 0.735. The van der Waals surface area contributed by atoms with Crippen LogP contribution < -0.4 is 5.32 Å². The maximum atomic E-state index is 13.3. The minimum absolute atomic E-state index is 0.0286. The fraction of sp³-hybridized carbons (Fsp3) is 0.478. The van der Waals surface area contributed by atoms with Crippen LogP contribution in [-0.2, 0) is 9.84 Å². The lowest BCUT2D eigenvalue weighted by atomic mass is 9.66. The molecule has 1 N–H and O–H groups in total. The van der Waals surface area contributed by atoms with Gasteiger partial charge in [0, 0.05) is 23.8 Å². The summed E-state index contributed by atoms with van der Waals surface area (Å²) in [5.41, 5.74) is 5.67. The van der Waals surface area contributed by atoms with E-state index in [0.717, 1.165) is 48.2 Å². The van der Waals surface area contributed by atoms with Crippen LogP contribution >= 0.6 is 11.6 Å². The Morgan fingerprint density at radius 2 is 1.74 bits per heavy atom. The number of aromatic nitrogens is 1. The van der Waals surface area contributed by atoms with E-state index in [2.05, 4.69) is 10.3 Å². The molecule has 1 saturated heterocycles. The lowest BCUT2D eigenvalue weighted by Gasteiger charge is -2.40. The predicted molar refractivity (Wildman–Crippen MR) is 122 cm³/mol. The van der Waals surface area contributed by atoms with Crippen LogP contribution in [0.4, 0.5) is 11.4 Å². The van der Waals surface area contributed by atoms with Gasteiger partial charge in [-0.2, -0.15) is 0 Å². The number of aryl methyl sites for hydroxylation is 1. The molecule has 1 aromatic carbocycles. The van der Waals surface area contributed by atoms with Crippen LogP contribution in [0.1, 0.15) is 64.7 Å². The molecule has 0 unspecified atom stereocenters. The van der Waals surface area contributed by atoms with Crippen molar-refractivity contribution in [2.45, 2.75) is 44.4 Å². The Labute approximate surface area is 187 Å². The third-order valence-corrected chi connectivity index (χ3v) is 9.00. The van der Waals surface area contributed by atoms with E-state index in [0.29, 0.717) is 22.6 Å².